The first-order valence-corrected chi connectivity index (χ1v) is 6.37. The molecular formula is C13H22N2O. The number of hydrogen-bond acceptors (Lipinski definition) is 2. The van der Waals surface area contributed by atoms with Gasteiger partial charge in [-0.3, -0.25) is 4.68 Å². The van der Waals surface area contributed by atoms with Gasteiger partial charge in [-0.1, -0.05) is 19.3 Å². The molecule has 1 aromatic rings. The van der Waals surface area contributed by atoms with Crippen molar-refractivity contribution >= 4 is 0 Å². The molecule has 0 radical (unpaired) electrons. The van der Waals surface area contributed by atoms with Gasteiger partial charge < -0.3 is 5.11 Å². The second-order valence-electron chi connectivity index (χ2n) is 5.27. The van der Waals surface area contributed by atoms with E-state index in [1.807, 2.05) is 16.9 Å². The van der Waals surface area contributed by atoms with E-state index in [1.54, 1.807) is 0 Å². The van der Waals surface area contributed by atoms with Crippen molar-refractivity contribution in [2.45, 2.75) is 58.1 Å². The highest BCUT2D eigenvalue weighted by molar-refractivity contribution is 5.01. The molecule has 90 valence electrons. The van der Waals surface area contributed by atoms with Crippen LogP contribution in [-0.4, -0.2) is 21.0 Å². The summed E-state index contributed by atoms with van der Waals surface area (Å²) in [5.74, 6) is 0.766. The van der Waals surface area contributed by atoms with Crippen molar-refractivity contribution in [3.8, 4) is 0 Å². The minimum Gasteiger partial charge on any atom is -0.393 e. The van der Waals surface area contributed by atoms with Gasteiger partial charge >= 0.3 is 0 Å². The minimum absolute atomic E-state index is 0.208. The number of aromatic nitrogens is 2. The Hall–Kier alpha value is -0.830. The second kappa shape index (κ2) is 5.00. The molecule has 0 saturated heterocycles. The molecule has 0 amide bonds. The molecule has 1 saturated carbocycles. The molecule has 0 spiro atoms. The van der Waals surface area contributed by atoms with E-state index in [1.165, 1.54) is 19.3 Å². The fraction of sp³-hybridized carbons (Fsp3) is 0.769. The Morgan fingerprint density at radius 3 is 2.75 bits per heavy atom. The van der Waals surface area contributed by atoms with Gasteiger partial charge in [0.1, 0.15) is 0 Å². The van der Waals surface area contributed by atoms with Crippen molar-refractivity contribution in [3.63, 3.8) is 0 Å². The fourth-order valence-corrected chi connectivity index (χ4v) is 2.21. The van der Waals surface area contributed by atoms with Gasteiger partial charge in [-0.05, 0) is 32.3 Å². The molecule has 16 heavy (non-hydrogen) atoms. The Morgan fingerprint density at radius 2 is 2.25 bits per heavy atom. The predicted molar refractivity (Wildman–Crippen MR) is 64.3 cm³/mol. The summed E-state index contributed by atoms with van der Waals surface area (Å²) in [6, 6.07) is 2.42. The first kappa shape index (κ1) is 11.6. The summed E-state index contributed by atoms with van der Waals surface area (Å²) in [7, 11) is 0. The van der Waals surface area contributed by atoms with Crippen LogP contribution < -0.4 is 0 Å². The quantitative estimate of drug-likeness (QED) is 0.831. The topological polar surface area (TPSA) is 38.0 Å². The highest BCUT2D eigenvalue weighted by Gasteiger charge is 2.21. The molecule has 0 bridgehead atoms. The van der Waals surface area contributed by atoms with Crippen LogP contribution in [0.25, 0.3) is 0 Å². The van der Waals surface area contributed by atoms with Gasteiger partial charge in [0, 0.05) is 18.7 Å². The van der Waals surface area contributed by atoms with E-state index in [0.29, 0.717) is 12.5 Å². The lowest BCUT2D eigenvalue weighted by molar-refractivity contribution is 0.117. The normalized spacial score (nSPS) is 18.8. The zero-order valence-corrected chi connectivity index (χ0v) is 10.3. The lowest BCUT2D eigenvalue weighted by Gasteiger charge is -2.27. The highest BCUT2D eigenvalue weighted by Crippen LogP contribution is 2.30. The van der Waals surface area contributed by atoms with Crippen LogP contribution in [-0.2, 0) is 6.42 Å². The lowest BCUT2D eigenvalue weighted by atomic mass is 9.81. The standard InChI is InChI=1S/C13H22N2O/c1-10(2)15-7-6-12(14-15)9-13(16)8-11-4-3-5-11/h6-7,10-11,13,16H,3-5,8-9H2,1-2H3. The van der Waals surface area contributed by atoms with E-state index in [2.05, 4.69) is 18.9 Å². The minimum atomic E-state index is -0.208. The van der Waals surface area contributed by atoms with Gasteiger partial charge in [0.15, 0.2) is 0 Å². The maximum atomic E-state index is 9.94. The van der Waals surface area contributed by atoms with E-state index >= 15 is 0 Å². The predicted octanol–water partition coefficient (Wildman–Crippen LogP) is 2.56. The third kappa shape index (κ3) is 2.85. The maximum Gasteiger partial charge on any atom is 0.0650 e. The van der Waals surface area contributed by atoms with Gasteiger partial charge in [0.2, 0.25) is 0 Å². The summed E-state index contributed by atoms with van der Waals surface area (Å²) in [6.07, 6.45) is 7.40. The van der Waals surface area contributed by atoms with Gasteiger partial charge in [-0.2, -0.15) is 5.10 Å². The third-order valence-corrected chi connectivity index (χ3v) is 3.47. The van der Waals surface area contributed by atoms with E-state index in [-0.39, 0.29) is 6.10 Å². The van der Waals surface area contributed by atoms with E-state index < -0.39 is 0 Å². The smallest absolute Gasteiger partial charge is 0.0650 e. The van der Waals surface area contributed by atoms with Gasteiger partial charge in [0.25, 0.3) is 0 Å². The Kier molecular flexibility index (Phi) is 3.64. The van der Waals surface area contributed by atoms with Crippen LogP contribution in [0.2, 0.25) is 0 Å². The summed E-state index contributed by atoms with van der Waals surface area (Å²) in [5, 5.41) is 14.4. The zero-order chi connectivity index (χ0) is 11.5. The molecule has 1 atom stereocenters. The summed E-state index contributed by atoms with van der Waals surface area (Å²) in [5.41, 5.74) is 1.01. The van der Waals surface area contributed by atoms with Gasteiger partial charge in [0.05, 0.1) is 11.8 Å². The molecule has 0 aliphatic heterocycles. The molecule has 3 nitrogen and oxygen atoms in total. The number of aliphatic hydroxyl groups excluding tert-OH is 1. The second-order valence-corrected chi connectivity index (χ2v) is 5.27. The average Bonchev–Trinajstić information content (AvgIpc) is 2.60. The summed E-state index contributed by atoms with van der Waals surface area (Å²) < 4.78 is 1.95. The number of nitrogens with zero attached hydrogens (tertiary/aromatic N) is 2. The highest BCUT2D eigenvalue weighted by atomic mass is 16.3. The Morgan fingerprint density at radius 1 is 1.50 bits per heavy atom. The monoisotopic (exact) mass is 222 g/mol. The van der Waals surface area contributed by atoms with Gasteiger partial charge in [-0.25, -0.2) is 0 Å². The molecule has 1 unspecified atom stereocenters. The van der Waals surface area contributed by atoms with Crippen LogP contribution >= 0.6 is 0 Å². The van der Waals surface area contributed by atoms with Crippen molar-refractivity contribution in [1.29, 1.82) is 0 Å². The van der Waals surface area contributed by atoms with Crippen LogP contribution in [0, 0.1) is 5.92 Å². The summed E-state index contributed by atoms with van der Waals surface area (Å²) >= 11 is 0. The van der Waals surface area contributed by atoms with Gasteiger partial charge in [-0.15, -0.1) is 0 Å². The Balaban J connectivity index is 1.82. The summed E-state index contributed by atoms with van der Waals surface area (Å²) in [6.45, 7) is 4.23. The molecule has 1 heterocycles. The van der Waals surface area contributed by atoms with Crippen LogP contribution in [0.3, 0.4) is 0 Å². The van der Waals surface area contributed by atoms with Crippen LogP contribution in [0.5, 0.6) is 0 Å². The van der Waals surface area contributed by atoms with Crippen molar-refractivity contribution in [1.82, 2.24) is 9.78 Å². The molecule has 1 aliphatic carbocycles. The Bertz CT molecular complexity index is 328. The van der Waals surface area contributed by atoms with Crippen molar-refractivity contribution in [2.24, 2.45) is 5.92 Å². The molecule has 1 fully saturated rings. The van der Waals surface area contributed by atoms with Crippen LogP contribution in [0.4, 0.5) is 0 Å². The van der Waals surface area contributed by atoms with Crippen LogP contribution in [0.15, 0.2) is 12.3 Å². The SMILES string of the molecule is CC(C)n1ccc(CC(O)CC2CCC2)n1. The molecular weight excluding hydrogens is 200 g/mol. The average molecular weight is 222 g/mol. The Labute approximate surface area is 97.5 Å². The zero-order valence-electron chi connectivity index (χ0n) is 10.3. The van der Waals surface area contributed by atoms with Crippen molar-refractivity contribution in [3.05, 3.63) is 18.0 Å². The van der Waals surface area contributed by atoms with E-state index in [0.717, 1.165) is 18.0 Å². The first-order valence-electron chi connectivity index (χ1n) is 6.37. The van der Waals surface area contributed by atoms with Crippen LogP contribution in [0.1, 0.15) is 51.3 Å². The molecule has 2 rings (SSSR count). The molecule has 1 aliphatic rings. The third-order valence-electron chi connectivity index (χ3n) is 3.47. The van der Waals surface area contributed by atoms with Crippen molar-refractivity contribution in [2.75, 3.05) is 0 Å². The van der Waals surface area contributed by atoms with Crippen molar-refractivity contribution < 1.29 is 5.11 Å². The van der Waals surface area contributed by atoms with E-state index in [4.69, 9.17) is 0 Å². The molecule has 1 N–H and O–H groups in total. The molecule has 3 heteroatoms. The summed E-state index contributed by atoms with van der Waals surface area (Å²) in [4.78, 5) is 0. The number of aliphatic hydroxyl groups is 1. The number of hydrogen-bond donors (Lipinski definition) is 1. The molecule has 0 aromatic carbocycles. The fourth-order valence-electron chi connectivity index (χ4n) is 2.21. The van der Waals surface area contributed by atoms with E-state index in [9.17, 15) is 5.11 Å². The number of rotatable bonds is 5. The first-order chi connectivity index (χ1) is 7.65. The largest absolute Gasteiger partial charge is 0.393 e. The lowest BCUT2D eigenvalue weighted by Crippen LogP contribution is -2.21. The molecule has 1 aromatic heterocycles. The maximum absolute atomic E-state index is 9.94.